The number of hydrazine groups is 1. The largest absolute Gasteiger partial charge is 0.275 e. The van der Waals surface area contributed by atoms with E-state index in [1.54, 1.807) is 0 Å². The minimum atomic E-state index is 0.475. The fourth-order valence-corrected chi connectivity index (χ4v) is 1.24. The molecule has 0 aromatic rings. The van der Waals surface area contributed by atoms with Crippen LogP contribution in [0.15, 0.2) is 0 Å². The molecule has 1 aliphatic rings. The van der Waals surface area contributed by atoms with E-state index in [1.165, 1.54) is 0 Å². The van der Waals surface area contributed by atoms with E-state index in [0.717, 1.165) is 6.67 Å². The Morgan fingerprint density at radius 3 is 2.11 bits per heavy atom. The van der Waals surface area contributed by atoms with E-state index in [-0.39, 0.29) is 0 Å². The molecule has 1 unspecified atom stereocenters. The molecule has 0 N–H and O–H groups in total. The molecule has 0 radical (unpaired) electrons. The van der Waals surface area contributed by atoms with Gasteiger partial charge in [-0.2, -0.15) is 4.41 Å². The Kier molecular flexibility index (Phi) is 2.00. The van der Waals surface area contributed by atoms with E-state index in [9.17, 15) is 0 Å². The smallest absolute Gasteiger partial charge is 0.0771 e. The molecular weight excluding hydrogens is 134 g/mol. The fraction of sp³-hybridized carbons (Fsp3) is 1.00. The molecule has 1 aliphatic heterocycles. The van der Waals surface area contributed by atoms with Gasteiger partial charge in [0.25, 0.3) is 0 Å². The van der Waals surface area contributed by atoms with Gasteiger partial charge in [-0.15, -0.1) is 0 Å². The average Bonchev–Trinajstić information content (AvgIpc) is 1.98. The standard InChI is InChI=1S/C5H13N3S/c1-5-6(2)4-8(9)7(5)3/h5,9H,4H2,1-3H3. The summed E-state index contributed by atoms with van der Waals surface area (Å²) < 4.78 is 1.89. The Morgan fingerprint density at radius 1 is 1.44 bits per heavy atom. The lowest BCUT2D eigenvalue weighted by Crippen LogP contribution is -2.33. The van der Waals surface area contributed by atoms with E-state index in [0.29, 0.717) is 6.17 Å². The third kappa shape index (κ3) is 1.21. The van der Waals surface area contributed by atoms with Gasteiger partial charge in [-0.1, -0.05) is 12.8 Å². The van der Waals surface area contributed by atoms with Gasteiger partial charge >= 0.3 is 0 Å². The summed E-state index contributed by atoms with van der Waals surface area (Å²) in [6.07, 6.45) is 0.475. The van der Waals surface area contributed by atoms with Crippen LogP contribution in [0.25, 0.3) is 0 Å². The van der Waals surface area contributed by atoms with Crippen LogP contribution in [0.2, 0.25) is 0 Å². The maximum Gasteiger partial charge on any atom is 0.0771 e. The van der Waals surface area contributed by atoms with Crippen LogP contribution in [0, 0.1) is 0 Å². The summed E-state index contributed by atoms with van der Waals surface area (Å²) in [6, 6.07) is 0. The van der Waals surface area contributed by atoms with Gasteiger partial charge in [0.15, 0.2) is 0 Å². The van der Waals surface area contributed by atoms with E-state index >= 15 is 0 Å². The van der Waals surface area contributed by atoms with Gasteiger partial charge in [0.05, 0.1) is 12.8 Å². The third-order valence-electron chi connectivity index (χ3n) is 1.89. The van der Waals surface area contributed by atoms with Crippen LogP contribution in [0.3, 0.4) is 0 Å². The zero-order chi connectivity index (χ0) is 7.02. The van der Waals surface area contributed by atoms with Crippen LogP contribution in [0.1, 0.15) is 6.92 Å². The summed E-state index contributed by atoms with van der Waals surface area (Å²) in [5.41, 5.74) is 0. The van der Waals surface area contributed by atoms with Crippen LogP contribution in [-0.2, 0) is 0 Å². The van der Waals surface area contributed by atoms with Crippen molar-refractivity contribution in [2.24, 2.45) is 0 Å². The summed E-state index contributed by atoms with van der Waals surface area (Å²) in [5, 5.41) is 2.09. The number of thiol groups is 1. The van der Waals surface area contributed by atoms with Crippen LogP contribution in [0.5, 0.6) is 0 Å². The highest BCUT2D eigenvalue weighted by molar-refractivity contribution is 7.77. The minimum absolute atomic E-state index is 0.475. The quantitative estimate of drug-likeness (QED) is 0.492. The lowest BCUT2D eigenvalue weighted by atomic mass is 10.5. The highest BCUT2D eigenvalue weighted by atomic mass is 32.1. The van der Waals surface area contributed by atoms with Crippen molar-refractivity contribution in [1.29, 1.82) is 0 Å². The van der Waals surface area contributed by atoms with Crippen molar-refractivity contribution < 1.29 is 0 Å². The first kappa shape index (κ1) is 7.34. The van der Waals surface area contributed by atoms with E-state index in [2.05, 4.69) is 36.7 Å². The normalized spacial score (nSPS) is 34.0. The summed E-state index contributed by atoms with van der Waals surface area (Å²) in [5.74, 6) is 0. The Balaban J connectivity index is 2.54. The monoisotopic (exact) mass is 147 g/mol. The maximum absolute atomic E-state index is 4.22. The number of nitrogens with zero attached hydrogens (tertiary/aromatic N) is 3. The molecule has 0 saturated carbocycles. The predicted molar refractivity (Wildman–Crippen MR) is 40.7 cm³/mol. The second-order valence-corrected chi connectivity index (χ2v) is 2.94. The first-order chi connectivity index (χ1) is 4.13. The molecule has 9 heavy (non-hydrogen) atoms. The number of hydrogen-bond acceptors (Lipinski definition) is 4. The Bertz CT molecular complexity index is 96.4. The van der Waals surface area contributed by atoms with Gasteiger partial charge in [0.2, 0.25) is 0 Å². The van der Waals surface area contributed by atoms with Crippen LogP contribution < -0.4 is 0 Å². The Morgan fingerprint density at radius 2 is 2.00 bits per heavy atom. The first-order valence-electron chi connectivity index (χ1n) is 3.02. The topological polar surface area (TPSA) is 9.72 Å². The Labute approximate surface area is 61.7 Å². The predicted octanol–water partition coefficient (Wildman–Crippen LogP) is 0.229. The van der Waals surface area contributed by atoms with Crippen molar-refractivity contribution in [3.05, 3.63) is 0 Å². The van der Waals surface area contributed by atoms with E-state index in [4.69, 9.17) is 0 Å². The molecule has 0 bridgehead atoms. The molecule has 3 nitrogen and oxygen atoms in total. The van der Waals surface area contributed by atoms with Gasteiger partial charge in [0, 0.05) is 7.05 Å². The molecule has 54 valence electrons. The molecule has 0 amide bonds. The van der Waals surface area contributed by atoms with Crippen molar-refractivity contribution >= 4 is 12.8 Å². The molecule has 4 heteroatoms. The fourth-order valence-electron chi connectivity index (χ4n) is 0.896. The van der Waals surface area contributed by atoms with Crippen LogP contribution in [0.4, 0.5) is 0 Å². The van der Waals surface area contributed by atoms with Crippen LogP contribution >= 0.6 is 12.8 Å². The van der Waals surface area contributed by atoms with Gasteiger partial charge in [-0.3, -0.25) is 4.90 Å². The summed E-state index contributed by atoms with van der Waals surface area (Å²) in [7, 11) is 4.11. The average molecular weight is 147 g/mol. The summed E-state index contributed by atoms with van der Waals surface area (Å²) in [4.78, 5) is 2.22. The van der Waals surface area contributed by atoms with Gasteiger partial charge in [0.1, 0.15) is 0 Å². The van der Waals surface area contributed by atoms with Gasteiger partial charge < -0.3 is 0 Å². The lowest BCUT2D eigenvalue weighted by molar-refractivity contribution is 0.122. The first-order valence-corrected chi connectivity index (χ1v) is 3.42. The molecule has 1 heterocycles. The highest BCUT2D eigenvalue weighted by Gasteiger charge is 2.26. The van der Waals surface area contributed by atoms with Crippen molar-refractivity contribution in [3.63, 3.8) is 0 Å². The summed E-state index contributed by atoms with van der Waals surface area (Å²) >= 11 is 4.22. The zero-order valence-corrected chi connectivity index (χ0v) is 6.97. The molecule has 1 fully saturated rings. The molecule has 0 aliphatic carbocycles. The molecule has 0 aromatic heterocycles. The lowest BCUT2D eigenvalue weighted by Gasteiger charge is -2.20. The van der Waals surface area contributed by atoms with Gasteiger partial charge in [-0.25, -0.2) is 5.01 Å². The van der Waals surface area contributed by atoms with Crippen LogP contribution in [-0.4, -0.2) is 41.3 Å². The maximum atomic E-state index is 4.22. The number of rotatable bonds is 0. The second kappa shape index (κ2) is 2.46. The summed E-state index contributed by atoms with van der Waals surface area (Å²) in [6.45, 7) is 3.05. The highest BCUT2D eigenvalue weighted by Crippen LogP contribution is 2.15. The van der Waals surface area contributed by atoms with E-state index < -0.39 is 0 Å². The van der Waals surface area contributed by atoms with Crippen molar-refractivity contribution in [1.82, 2.24) is 14.3 Å². The SMILES string of the molecule is CC1N(C)CN(S)N1C. The molecular formula is C5H13N3S. The van der Waals surface area contributed by atoms with E-state index in [1.807, 2.05) is 11.5 Å². The minimum Gasteiger partial charge on any atom is -0.275 e. The van der Waals surface area contributed by atoms with Crippen molar-refractivity contribution in [2.75, 3.05) is 20.8 Å². The molecule has 0 spiro atoms. The second-order valence-electron chi connectivity index (χ2n) is 2.48. The molecule has 1 atom stereocenters. The third-order valence-corrected chi connectivity index (χ3v) is 2.30. The molecule has 1 rings (SSSR count). The molecule has 0 aromatic carbocycles. The Hall–Kier alpha value is 0.230. The number of hydrogen-bond donors (Lipinski definition) is 1. The van der Waals surface area contributed by atoms with Crippen molar-refractivity contribution in [2.45, 2.75) is 13.1 Å². The molecule has 1 saturated heterocycles. The van der Waals surface area contributed by atoms with Gasteiger partial charge in [-0.05, 0) is 14.0 Å². The van der Waals surface area contributed by atoms with Crippen molar-refractivity contribution in [3.8, 4) is 0 Å². The zero-order valence-electron chi connectivity index (χ0n) is 6.07.